The Balaban J connectivity index is 1.79. The summed E-state index contributed by atoms with van der Waals surface area (Å²) >= 11 is 1.87. The van der Waals surface area contributed by atoms with Crippen molar-refractivity contribution < 1.29 is 4.79 Å². The molecule has 1 saturated heterocycles. The van der Waals surface area contributed by atoms with Crippen LogP contribution in [0, 0.1) is 12.8 Å². The number of carbonyl (C=O) groups is 1. The van der Waals surface area contributed by atoms with Crippen molar-refractivity contribution in [3.63, 3.8) is 0 Å². The lowest BCUT2D eigenvalue weighted by atomic mass is 9.99. The van der Waals surface area contributed by atoms with E-state index in [4.69, 9.17) is 0 Å². The average molecular weight is 335 g/mol. The molecule has 4 heteroatoms. The third kappa shape index (κ3) is 3.97. The summed E-state index contributed by atoms with van der Waals surface area (Å²) in [5.74, 6) is 0.612. The van der Waals surface area contributed by atoms with Crippen molar-refractivity contribution in [3.05, 3.63) is 21.9 Å². The Bertz CT molecular complexity index is 527. The third-order valence-electron chi connectivity index (χ3n) is 5.65. The van der Waals surface area contributed by atoms with Crippen molar-refractivity contribution in [1.29, 1.82) is 0 Å². The molecular weight excluding hydrogens is 304 g/mol. The van der Waals surface area contributed by atoms with Crippen molar-refractivity contribution in [2.75, 3.05) is 20.1 Å². The summed E-state index contributed by atoms with van der Waals surface area (Å²) in [5, 5.41) is 2.20. The van der Waals surface area contributed by atoms with E-state index in [9.17, 15) is 4.79 Å². The lowest BCUT2D eigenvalue weighted by Gasteiger charge is -2.33. The molecule has 0 N–H and O–H groups in total. The molecule has 2 fully saturated rings. The Morgan fingerprint density at radius 1 is 1.13 bits per heavy atom. The molecule has 1 aromatic heterocycles. The van der Waals surface area contributed by atoms with Gasteiger partial charge in [-0.3, -0.25) is 9.69 Å². The number of fused-ring (bicyclic) bond motifs is 1. The minimum absolute atomic E-state index is 0.221. The summed E-state index contributed by atoms with van der Waals surface area (Å²) in [7, 11) is 2.00. The number of rotatable bonds is 2. The fraction of sp³-hybridized carbons (Fsp3) is 0.737. The van der Waals surface area contributed by atoms with Gasteiger partial charge in [-0.25, -0.2) is 0 Å². The maximum Gasteiger partial charge on any atom is 0.227 e. The molecule has 2 heterocycles. The molecule has 1 aliphatic carbocycles. The molecule has 1 amide bonds. The molecule has 3 rings (SSSR count). The summed E-state index contributed by atoms with van der Waals surface area (Å²) in [6, 6.07) is 2.67. The molecule has 0 spiro atoms. The van der Waals surface area contributed by atoms with Gasteiger partial charge in [0.1, 0.15) is 0 Å². The fourth-order valence-electron chi connectivity index (χ4n) is 4.19. The van der Waals surface area contributed by atoms with Crippen molar-refractivity contribution in [2.24, 2.45) is 5.92 Å². The van der Waals surface area contributed by atoms with E-state index in [2.05, 4.69) is 23.3 Å². The van der Waals surface area contributed by atoms with E-state index in [1.807, 2.05) is 23.3 Å². The molecule has 2 atom stereocenters. The first-order chi connectivity index (χ1) is 11.2. The second-order valence-electron chi connectivity index (χ2n) is 7.28. The fourth-order valence-corrected chi connectivity index (χ4v) is 5.12. The number of thiophene rings is 1. The Morgan fingerprint density at radius 3 is 2.65 bits per heavy atom. The van der Waals surface area contributed by atoms with Crippen molar-refractivity contribution in [1.82, 2.24) is 9.80 Å². The molecule has 128 valence electrons. The smallest absolute Gasteiger partial charge is 0.227 e. The Morgan fingerprint density at radius 2 is 1.91 bits per heavy atom. The Labute approximate surface area is 144 Å². The second kappa shape index (κ2) is 7.80. The van der Waals surface area contributed by atoms with E-state index < -0.39 is 0 Å². The highest BCUT2D eigenvalue weighted by atomic mass is 32.1. The summed E-state index contributed by atoms with van der Waals surface area (Å²) in [5.41, 5.74) is 1.40. The molecule has 23 heavy (non-hydrogen) atoms. The zero-order valence-corrected chi connectivity index (χ0v) is 15.4. The summed E-state index contributed by atoms with van der Waals surface area (Å²) in [6.07, 6.45) is 8.44. The molecule has 0 aromatic carbocycles. The zero-order valence-electron chi connectivity index (χ0n) is 14.6. The normalized spacial score (nSPS) is 27.7. The molecule has 1 saturated carbocycles. The molecule has 0 bridgehead atoms. The van der Waals surface area contributed by atoms with Crippen LogP contribution in [0.2, 0.25) is 0 Å². The third-order valence-corrected chi connectivity index (χ3v) is 6.65. The van der Waals surface area contributed by atoms with Gasteiger partial charge < -0.3 is 4.90 Å². The second-order valence-corrected chi connectivity index (χ2v) is 8.28. The number of amides is 1. The van der Waals surface area contributed by atoms with Gasteiger partial charge in [0.2, 0.25) is 5.91 Å². The van der Waals surface area contributed by atoms with E-state index in [1.54, 1.807) is 0 Å². The van der Waals surface area contributed by atoms with Crippen LogP contribution < -0.4 is 0 Å². The summed E-state index contributed by atoms with van der Waals surface area (Å²) < 4.78 is 0. The first kappa shape index (κ1) is 17.0. The molecule has 1 aromatic rings. The van der Waals surface area contributed by atoms with Crippen molar-refractivity contribution in [2.45, 2.75) is 64.5 Å². The van der Waals surface area contributed by atoms with E-state index >= 15 is 0 Å². The van der Waals surface area contributed by atoms with E-state index in [-0.39, 0.29) is 5.92 Å². The standard InChI is InChI=1S/C19H30N2OS/c1-15-10-13-23-18(15)14-21-12-6-4-3-5-11-20(2)19(22)16-8-7-9-17(16)21/h10,13,16-17H,3-9,11-12,14H2,1-2H3/t16-,17+/m1/s1. The minimum Gasteiger partial charge on any atom is -0.345 e. The maximum absolute atomic E-state index is 12.9. The van der Waals surface area contributed by atoms with Crippen molar-refractivity contribution in [3.8, 4) is 0 Å². The van der Waals surface area contributed by atoms with Crippen LogP contribution in [0.4, 0.5) is 0 Å². The van der Waals surface area contributed by atoms with E-state index in [0.717, 1.165) is 32.5 Å². The van der Waals surface area contributed by atoms with Gasteiger partial charge in [0.25, 0.3) is 0 Å². The van der Waals surface area contributed by atoms with Gasteiger partial charge in [-0.2, -0.15) is 0 Å². The highest BCUT2D eigenvalue weighted by Crippen LogP contribution is 2.34. The first-order valence-electron chi connectivity index (χ1n) is 9.19. The number of nitrogens with zero attached hydrogens (tertiary/aromatic N) is 2. The van der Waals surface area contributed by atoms with Gasteiger partial charge in [0.05, 0.1) is 5.92 Å². The maximum atomic E-state index is 12.9. The first-order valence-corrected chi connectivity index (χ1v) is 10.1. The van der Waals surface area contributed by atoms with Gasteiger partial charge in [0, 0.05) is 31.1 Å². The summed E-state index contributed by atoms with van der Waals surface area (Å²) in [4.78, 5) is 19.0. The number of hydrogen-bond donors (Lipinski definition) is 0. The number of hydrogen-bond acceptors (Lipinski definition) is 3. The van der Waals surface area contributed by atoms with Crippen LogP contribution >= 0.6 is 11.3 Å². The highest BCUT2D eigenvalue weighted by molar-refractivity contribution is 7.10. The largest absolute Gasteiger partial charge is 0.345 e. The van der Waals surface area contributed by atoms with Crippen LogP contribution in [-0.4, -0.2) is 41.9 Å². The van der Waals surface area contributed by atoms with Gasteiger partial charge in [-0.15, -0.1) is 11.3 Å². The SMILES string of the molecule is Cc1ccsc1CN1CCCCCCN(C)C(=O)[C@@H]2CCC[C@@H]21. The monoisotopic (exact) mass is 334 g/mol. The number of aryl methyl sites for hydroxylation is 1. The van der Waals surface area contributed by atoms with E-state index in [1.165, 1.54) is 42.5 Å². The predicted molar refractivity (Wildman–Crippen MR) is 96.7 cm³/mol. The van der Waals surface area contributed by atoms with E-state index in [0.29, 0.717) is 11.9 Å². The van der Waals surface area contributed by atoms with Gasteiger partial charge >= 0.3 is 0 Å². The highest BCUT2D eigenvalue weighted by Gasteiger charge is 2.38. The lowest BCUT2D eigenvalue weighted by Crippen LogP contribution is -2.44. The van der Waals surface area contributed by atoms with Crippen LogP contribution in [0.15, 0.2) is 11.4 Å². The zero-order chi connectivity index (χ0) is 16.2. The van der Waals surface area contributed by atoms with Crippen LogP contribution in [0.3, 0.4) is 0 Å². The average Bonchev–Trinajstić information content (AvgIpc) is 3.17. The Hall–Kier alpha value is -0.870. The van der Waals surface area contributed by atoms with Gasteiger partial charge in [-0.1, -0.05) is 19.3 Å². The van der Waals surface area contributed by atoms with Crippen LogP contribution in [0.25, 0.3) is 0 Å². The molecule has 0 unspecified atom stereocenters. The predicted octanol–water partition coefficient (Wildman–Crippen LogP) is 4.06. The van der Waals surface area contributed by atoms with Gasteiger partial charge in [0.15, 0.2) is 0 Å². The van der Waals surface area contributed by atoms with Gasteiger partial charge in [-0.05, 0) is 56.2 Å². The van der Waals surface area contributed by atoms with Crippen molar-refractivity contribution >= 4 is 17.2 Å². The molecule has 2 aliphatic rings. The van der Waals surface area contributed by atoms with Crippen LogP contribution in [-0.2, 0) is 11.3 Å². The number of carbonyl (C=O) groups excluding carboxylic acids is 1. The quantitative estimate of drug-likeness (QED) is 0.814. The minimum atomic E-state index is 0.221. The lowest BCUT2D eigenvalue weighted by molar-refractivity contribution is -0.136. The molecular formula is C19H30N2OS. The van der Waals surface area contributed by atoms with Crippen LogP contribution in [0.1, 0.15) is 55.4 Å². The Kier molecular flexibility index (Phi) is 5.76. The molecule has 3 nitrogen and oxygen atoms in total. The topological polar surface area (TPSA) is 23.6 Å². The molecule has 0 radical (unpaired) electrons. The molecule has 1 aliphatic heterocycles. The van der Waals surface area contributed by atoms with Crippen LogP contribution in [0.5, 0.6) is 0 Å². The summed E-state index contributed by atoms with van der Waals surface area (Å²) in [6.45, 7) is 5.33.